The highest BCUT2D eigenvalue weighted by molar-refractivity contribution is 9.10. The molecular weight excluding hydrogens is 345 g/mol. The molecule has 0 aliphatic rings. The Bertz CT molecular complexity index is 546. The summed E-state index contributed by atoms with van der Waals surface area (Å²) in [6.45, 7) is 6.25. The summed E-state index contributed by atoms with van der Waals surface area (Å²) in [6.07, 6.45) is 2.85. The Morgan fingerprint density at radius 3 is 2.45 bits per heavy atom. The van der Waals surface area contributed by atoms with Gasteiger partial charge in [-0.2, -0.15) is 4.31 Å². The molecule has 0 N–H and O–H groups in total. The van der Waals surface area contributed by atoms with E-state index >= 15 is 0 Å². The molecule has 0 aromatic heterocycles. The van der Waals surface area contributed by atoms with Gasteiger partial charge in [0.1, 0.15) is 5.82 Å². The molecule has 0 aliphatic heterocycles. The minimum absolute atomic E-state index is 0.115. The number of sulfonamides is 1. The summed E-state index contributed by atoms with van der Waals surface area (Å²) in [5.74, 6) is -0.460. The van der Waals surface area contributed by atoms with Crippen molar-refractivity contribution in [3.63, 3.8) is 0 Å². The van der Waals surface area contributed by atoms with Crippen molar-refractivity contribution in [3.8, 4) is 0 Å². The van der Waals surface area contributed by atoms with Gasteiger partial charge in [0.15, 0.2) is 0 Å². The average molecular weight is 366 g/mol. The van der Waals surface area contributed by atoms with Gasteiger partial charge in [-0.05, 0) is 54.4 Å². The van der Waals surface area contributed by atoms with Crippen LogP contribution >= 0.6 is 15.9 Å². The predicted molar refractivity (Wildman–Crippen MR) is 82.7 cm³/mol. The Labute approximate surface area is 129 Å². The lowest BCUT2D eigenvalue weighted by Gasteiger charge is -2.26. The predicted octanol–water partition coefficient (Wildman–Crippen LogP) is 4.18. The van der Waals surface area contributed by atoms with E-state index in [4.69, 9.17) is 0 Å². The molecule has 0 radical (unpaired) electrons. The summed E-state index contributed by atoms with van der Waals surface area (Å²) in [6, 6.07) is 3.53. The second kappa shape index (κ2) is 7.52. The van der Waals surface area contributed by atoms with Crippen LogP contribution in [-0.4, -0.2) is 25.3 Å². The smallest absolute Gasteiger partial charge is 0.207 e. The Hall–Kier alpha value is -0.460. The van der Waals surface area contributed by atoms with Crippen LogP contribution in [0.5, 0.6) is 0 Å². The molecule has 1 rings (SSSR count). The van der Waals surface area contributed by atoms with E-state index in [2.05, 4.69) is 22.9 Å². The van der Waals surface area contributed by atoms with Crippen molar-refractivity contribution in [1.29, 1.82) is 0 Å². The number of nitrogens with zero attached hydrogens (tertiary/aromatic N) is 1. The zero-order valence-corrected chi connectivity index (χ0v) is 14.5. The van der Waals surface area contributed by atoms with Crippen molar-refractivity contribution in [2.24, 2.45) is 0 Å². The van der Waals surface area contributed by atoms with E-state index in [0.717, 1.165) is 19.3 Å². The summed E-state index contributed by atoms with van der Waals surface area (Å²) in [4.78, 5) is 0.115. The van der Waals surface area contributed by atoms with E-state index < -0.39 is 15.8 Å². The fraction of sp³-hybridized carbons (Fsp3) is 0.571. The molecule has 0 unspecified atom stereocenters. The van der Waals surface area contributed by atoms with Crippen LogP contribution in [0, 0.1) is 5.82 Å². The summed E-state index contributed by atoms with van der Waals surface area (Å²) >= 11 is 3.14. The normalized spacial score (nSPS) is 12.3. The summed E-state index contributed by atoms with van der Waals surface area (Å²) < 4.78 is 40.2. The molecule has 0 spiro atoms. The van der Waals surface area contributed by atoms with Crippen molar-refractivity contribution < 1.29 is 12.8 Å². The molecule has 6 heteroatoms. The van der Waals surface area contributed by atoms with Gasteiger partial charge < -0.3 is 0 Å². The average Bonchev–Trinajstić information content (AvgIpc) is 2.33. The van der Waals surface area contributed by atoms with Gasteiger partial charge in [0.25, 0.3) is 0 Å². The van der Waals surface area contributed by atoms with Gasteiger partial charge >= 0.3 is 0 Å². The van der Waals surface area contributed by atoms with Gasteiger partial charge in [-0.1, -0.05) is 19.8 Å². The maximum atomic E-state index is 13.1. The van der Waals surface area contributed by atoms with Crippen molar-refractivity contribution >= 4 is 26.0 Å². The van der Waals surface area contributed by atoms with E-state index in [1.54, 1.807) is 0 Å². The first-order valence-corrected chi connectivity index (χ1v) is 9.01. The van der Waals surface area contributed by atoms with Crippen LogP contribution in [0.15, 0.2) is 27.6 Å². The van der Waals surface area contributed by atoms with E-state index in [0.29, 0.717) is 6.54 Å². The molecule has 1 aromatic rings. The summed E-state index contributed by atoms with van der Waals surface area (Å²) in [7, 11) is -3.61. The molecule has 3 nitrogen and oxygen atoms in total. The van der Waals surface area contributed by atoms with E-state index in [-0.39, 0.29) is 15.4 Å². The highest BCUT2D eigenvalue weighted by Crippen LogP contribution is 2.27. The van der Waals surface area contributed by atoms with Gasteiger partial charge in [-0.25, -0.2) is 12.8 Å². The maximum Gasteiger partial charge on any atom is 0.244 e. The monoisotopic (exact) mass is 365 g/mol. The number of unbranched alkanes of at least 4 members (excludes halogenated alkanes) is 2. The van der Waals surface area contributed by atoms with Gasteiger partial charge in [-0.3, -0.25) is 0 Å². The summed E-state index contributed by atoms with van der Waals surface area (Å²) in [5, 5.41) is 0. The molecule has 1 aromatic carbocycles. The molecule has 0 heterocycles. The number of rotatable bonds is 7. The molecule has 0 saturated carbocycles. The fourth-order valence-electron chi connectivity index (χ4n) is 1.98. The SMILES string of the molecule is CCCCCN(C(C)C)S(=O)(=O)c1ccc(F)cc1Br. The zero-order valence-electron chi connectivity index (χ0n) is 12.1. The molecule has 0 amide bonds. The minimum atomic E-state index is -3.61. The molecule has 0 saturated heterocycles. The zero-order chi connectivity index (χ0) is 15.3. The standard InChI is InChI=1S/C14H21BrFNO2S/c1-4-5-6-9-17(11(2)3)20(18,19)14-8-7-12(16)10-13(14)15/h7-8,10-11H,4-6,9H2,1-3H3. The quantitative estimate of drug-likeness (QED) is 0.679. The van der Waals surface area contributed by atoms with Crippen molar-refractivity contribution in [1.82, 2.24) is 4.31 Å². The first kappa shape index (κ1) is 17.6. The van der Waals surface area contributed by atoms with Crippen LogP contribution in [0.2, 0.25) is 0 Å². The topological polar surface area (TPSA) is 37.4 Å². The first-order chi connectivity index (χ1) is 9.30. The lowest BCUT2D eigenvalue weighted by Crippen LogP contribution is -2.37. The minimum Gasteiger partial charge on any atom is -0.207 e. The Kier molecular flexibility index (Phi) is 6.61. The van der Waals surface area contributed by atoms with Crippen molar-refractivity contribution in [2.45, 2.75) is 51.0 Å². The molecule has 0 bridgehead atoms. The lowest BCUT2D eigenvalue weighted by atomic mass is 10.2. The molecule has 20 heavy (non-hydrogen) atoms. The van der Waals surface area contributed by atoms with Gasteiger partial charge in [0.2, 0.25) is 10.0 Å². The third-order valence-electron chi connectivity index (χ3n) is 3.04. The lowest BCUT2D eigenvalue weighted by molar-refractivity contribution is 0.345. The van der Waals surface area contributed by atoms with E-state index in [9.17, 15) is 12.8 Å². The van der Waals surface area contributed by atoms with Crippen molar-refractivity contribution in [3.05, 3.63) is 28.5 Å². The highest BCUT2D eigenvalue weighted by atomic mass is 79.9. The van der Waals surface area contributed by atoms with Gasteiger partial charge in [0, 0.05) is 17.1 Å². The van der Waals surface area contributed by atoms with Crippen LogP contribution in [0.1, 0.15) is 40.0 Å². The Morgan fingerprint density at radius 2 is 1.95 bits per heavy atom. The largest absolute Gasteiger partial charge is 0.244 e. The number of hydrogen-bond donors (Lipinski definition) is 0. The maximum absolute atomic E-state index is 13.1. The third-order valence-corrected chi connectivity index (χ3v) is 6.09. The summed E-state index contributed by atoms with van der Waals surface area (Å²) in [5.41, 5.74) is 0. The number of hydrogen-bond acceptors (Lipinski definition) is 2. The van der Waals surface area contributed by atoms with Crippen LogP contribution in [0.3, 0.4) is 0 Å². The number of halogens is 2. The molecule has 114 valence electrons. The Morgan fingerprint density at radius 1 is 1.30 bits per heavy atom. The van der Waals surface area contributed by atoms with Crippen LogP contribution in [0.25, 0.3) is 0 Å². The molecule has 0 fully saturated rings. The van der Waals surface area contributed by atoms with Crippen LogP contribution in [-0.2, 0) is 10.0 Å². The van der Waals surface area contributed by atoms with Crippen molar-refractivity contribution in [2.75, 3.05) is 6.54 Å². The molecular formula is C14H21BrFNO2S. The third kappa shape index (κ3) is 4.27. The van der Waals surface area contributed by atoms with Crippen LogP contribution < -0.4 is 0 Å². The number of benzene rings is 1. The van der Waals surface area contributed by atoms with Gasteiger partial charge in [-0.15, -0.1) is 0 Å². The first-order valence-electron chi connectivity index (χ1n) is 6.77. The fourth-order valence-corrected chi connectivity index (χ4v) is 4.67. The Balaban J connectivity index is 3.09. The van der Waals surface area contributed by atoms with Crippen LogP contribution in [0.4, 0.5) is 4.39 Å². The molecule has 0 aliphatic carbocycles. The van der Waals surface area contributed by atoms with E-state index in [1.807, 2.05) is 13.8 Å². The van der Waals surface area contributed by atoms with E-state index in [1.165, 1.54) is 22.5 Å². The second-order valence-corrected chi connectivity index (χ2v) is 7.70. The molecule has 0 atom stereocenters. The highest BCUT2D eigenvalue weighted by Gasteiger charge is 2.28. The second-order valence-electron chi connectivity index (χ2n) is 4.99. The van der Waals surface area contributed by atoms with Gasteiger partial charge in [0.05, 0.1) is 4.90 Å².